The van der Waals surface area contributed by atoms with Crippen LogP contribution >= 0.6 is 12.6 Å². The molecule has 0 saturated carbocycles. The lowest BCUT2D eigenvalue weighted by molar-refractivity contribution is 0.112. The third-order valence-electron chi connectivity index (χ3n) is 3.06. The predicted molar refractivity (Wildman–Crippen MR) is 68.6 cm³/mol. The highest BCUT2D eigenvalue weighted by atomic mass is 32.1. The van der Waals surface area contributed by atoms with Crippen molar-refractivity contribution in [3.05, 3.63) is 27.8 Å². The lowest BCUT2D eigenvalue weighted by Gasteiger charge is -2.18. The number of carbonyl (C=O) groups is 1. The minimum absolute atomic E-state index is 0.414. The summed E-state index contributed by atoms with van der Waals surface area (Å²) in [5.41, 5.74) is 4.12. The Labute approximate surface area is 101 Å². The summed E-state index contributed by atoms with van der Waals surface area (Å²) in [5, 5.41) is 18.7. The van der Waals surface area contributed by atoms with Crippen LogP contribution in [0.15, 0.2) is 0 Å². The summed E-state index contributed by atoms with van der Waals surface area (Å²) in [7, 11) is -1.56. The van der Waals surface area contributed by atoms with Gasteiger partial charge in [0.2, 0.25) is 0 Å². The van der Waals surface area contributed by atoms with Crippen molar-refractivity contribution in [2.45, 2.75) is 26.5 Å². The standard InChI is InChI=1S/C11H15BO3S/c1-6-9(4-13)7(2)11(12(14)15)8(3)10(6)5-16/h4,14-16H,5H2,1-3H3. The average molecular weight is 238 g/mol. The highest BCUT2D eigenvalue weighted by Gasteiger charge is 2.23. The van der Waals surface area contributed by atoms with Crippen LogP contribution < -0.4 is 5.46 Å². The molecular formula is C11H15BO3S. The van der Waals surface area contributed by atoms with Crippen molar-refractivity contribution < 1.29 is 14.8 Å². The fraction of sp³-hybridized carbons (Fsp3) is 0.364. The second-order valence-corrected chi connectivity index (χ2v) is 4.15. The Bertz CT molecular complexity index is 430. The molecule has 16 heavy (non-hydrogen) atoms. The van der Waals surface area contributed by atoms with E-state index in [-0.39, 0.29) is 0 Å². The molecule has 1 aromatic carbocycles. The van der Waals surface area contributed by atoms with Crippen LogP contribution in [0.5, 0.6) is 0 Å². The van der Waals surface area contributed by atoms with E-state index in [1.54, 1.807) is 6.92 Å². The molecule has 0 atom stereocenters. The molecule has 0 aliphatic heterocycles. The van der Waals surface area contributed by atoms with Gasteiger partial charge in [-0.25, -0.2) is 0 Å². The largest absolute Gasteiger partial charge is 0.489 e. The molecule has 0 bridgehead atoms. The van der Waals surface area contributed by atoms with Crippen LogP contribution in [0.25, 0.3) is 0 Å². The molecule has 0 amide bonds. The van der Waals surface area contributed by atoms with Gasteiger partial charge in [-0.2, -0.15) is 12.6 Å². The van der Waals surface area contributed by atoms with Crippen molar-refractivity contribution >= 4 is 31.5 Å². The topological polar surface area (TPSA) is 57.5 Å². The van der Waals surface area contributed by atoms with E-state index in [1.165, 1.54) is 0 Å². The van der Waals surface area contributed by atoms with Gasteiger partial charge in [0.25, 0.3) is 0 Å². The van der Waals surface area contributed by atoms with E-state index in [0.717, 1.165) is 23.0 Å². The first-order chi connectivity index (χ1) is 7.45. The van der Waals surface area contributed by atoms with E-state index in [9.17, 15) is 14.8 Å². The fourth-order valence-electron chi connectivity index (χ4n) is 2.12. The van der Waals surface area contributed by atoms with Crippen molar-refractivity contribution in [1.29, 1.82) is 0 Å². The lowest BCUT2D eigenvalue weighted by Crippen LogP contribution is -2.36. The number of thiol groups is 1. The van der Waals surface area contributed by atoms with E-state index < -0.39 is 7.12 Å². The molecule has 0 spiro atoms. The highest BCUT2D eigenvalue weighted by Crippen LogP contribution is 2.21. The maximum atomic E-state index is 11.0. The second kappa shape index (κ2) is 5.04. The van der Waals surface area contributed by atoms with Gasteiger partial charge in [-0.05, 0) is 48.5 Å². The molecule has 0 radical (unpaired) electrons. The summed E-state index contributed by atoms with van der Waals surface area (Å²) in [6.07, 6.45) is 0.753. The summed E-state index contributed by atoms with van der Waals surface area (Å²) in [4.78, 5) is 11.0. The quantitative estimate of drug-likeness (QED) is 0.409. The van der Waals surface area contributed by atoms with Gasteiger partial charge >= 0.3 is 7.12 Å². The van der Waals surface area contributed by atoms with Gasteiger partial charge in [-0.15, -0.1) is 0 Å². The molecule has 5 heteroatoms. The first-order valence-electron chi connectivity index (χ1n) is 5.00. The van der Waals surface area contributed by atoms with E-state index in [2.05, 4.69) is 12.6 Å². The first kappa shape index (κ1) is 13.3. The third kappa shape index (κ3) is 2.03. The molecule has 0 fully saturated rings. The Kier molecular flexibility index (Phi) is 4.18. The fourth-order valence-corrected chi connectivity index (χ4v) is 2.59. The normalized spacial score (nSPS) is 10.4. The van der Waals surface area contributed by atoms with Gasteiger partial charge in [0.15, 0.2) is 6.29 Å². The Balaban J connectivity index is 3.69. The zero-order valence-corrected chi connectivity index (χ0v) is 10.5. The monoisotopic (exact) mass is 238 g/mol. The maximum absolute atomic E-state index is 11.0. The van der Waals surface area contributed by atoms with Crippen molar-refractivity contribution in [1.82, 2.24) is 0 Å². The number of rotatable bonds is 3. The summed E-state index contributed by atoms with van der Waals surface area (Å²) >= 11 is 4.21. The van der Waals surface area contributed by atoms with Crippen LogP contribution in [0.3, 0.4) is 0 Å². The molecule has 1 rings (SSSR count). The van der Waals surface area contributed by atoms with Gasteiger partial charge in [-0.3, -0.25) is 4.79 Å². The van der Waals surface area contributed by atoms with E-state index in [0.29, 0.717) is 22.3 Å². The molecule has 1 aromatic rings. The molecule has 86 valence electrons. The summed E-state index contributed by atoms with van der Waals surface area (Å²) < 4.78 is 0. The Morgan fingerprint density at radius 2 is 1.75 bits per heavy atom. The number of hydrogen-bond donors (Lipinski definition) is 3. The molecule has 0 aromatic heterocycles. The van der Waals surface area contributed by atoms with Crippen LogP contribution in [0.2, 0.25) is 0 Å². The van der Waals surface area contributed by atoms with Gasteiger partial charge in [0, 0.05) is 11.3 Å². The van der Waals surface area contributed by atoms with Crippen LogP contribution in [0.4, 0.5) is 0 Å². The Hall–Kier alpha value is -0.775. The van der Waals surface area contributed by atoms with Crippen LogP contribution in [-0.4, -0.2) is 23.5 Å². The molecular weight excluding hydrogens is 223 g/mol. The van der Waals surface area contributed by atoms with Crippen molar-refractivity contribution in [3.8, 4) is 0 Å². The van der Waals surface area contributed by atoms with Crippen LogP contribution in [0, 0.1) is 20.8 Å². The van der Waals surface area contributed by atoms with Crippen LogP contribution in [0.1, 0.15) is 32.6 Å². The van der Waals surface area contributed by atoms with E-state index in [4.69, 9.17) is 0 Å². The SMILES string of the molecule is Cc1c(C=O)c(C)c(B(O)O)c(C)c1CS. The predicted octanol–water partition coefficient (Wildman–Crippen LogP) is 0.534. The molecule has 2 N–H and O–H groups in total. The maximum Gasteiger partial charge on any atom is 0.489 e. The molecule has 0 aliphatic carbocycles. The van der Waals surface area contributed by atoms with Crippen molar-refractivity contribution in [2.24, 2.45) is 0 Å². The minimum atomic E-state index is -1.56. The Morgan fingerprint density at radius 3 is 2.12 bits per heavy atom. The number of hydrogen-bond acceptors (Lipinski definition) is 4. The zero-order chi connectivity index (χ0) is 12.5. The lowest BCUT2D eigenvalue weighted by atomic mass is 9.71. The molecule has 0 unspecified atom stereocenters. The van der Waals surface area contributed by atoms with Gasteiger partial charge in [0.1, 0.15) is 0 Å². The van der Waals surface area contributed by atoms with E-state index in [1.807, 2.05) is 13.8 Å². The third-order valence-corrected chi connectivity index (χ3v) is 3.37. The summed E-state index contributed by atoms with van der Waals surface area (Å²) in [5.74, 6) is 0.471. The molecule has 0 heterocycles. The molecule has 3 nitrogen and oxygen atoms in total. The average Bonchev–Trinajstić information content (AvgIpc) is 2.18. The zero-order valence-electron chi connectivity index (χ0n) is 9.61. The van der Waals surface area contributed by atoms with Gasteiger partial charge in [0.05, 0.1) is 0 Å². The van der Waals surface area contributed by atoms with Crippen LogP contribution in [-0.2, 0) is 5.75 Å². The number of carbonyl (C=O) groups excluding carboxylic acids is 1. The molecule has 0 saturated heterocycles. The second-order valence-electron chi connectivity index (χ2n) is 3.83. The van der Waals surface area contributed by atoms with Gasteiger partial charge in [-0.1, -0.05) is 0 Å². The highest BCUT2D eigenvalue weighted by molar-refractivity contribution is 7.79. The van der Waals surface area contributed by atoms with Crippen molar-refractivity contribution in [3.63, 3.8) is 0 Å². The summed E-state index contributed by atoms with van der Waals surface area (Å²) in [6.45, 7) is 5.39. The summed E-state index contributed by atoms with van der Waals surface area (Å²) in [6, 6.07) is 0. The molecule has 0 aliphatic rings. The number of aldehydes is 1. The Morgan fingerprint density at radius 1 is 1.19 bits per heavy atom. The van der Waals surface area contributed by atoms with E-state index >= 15 is 0 Å². The minimum Gasteiger partial charge on any atom is -0.423 e. The first-order valence-corrected chi connectivity index (χ1v) is 5.63. The van der Waals surface area contributed by atoms with Gasteiger partial charge < -0.3 is 10.0 Å². The number of benzene rings is 1. The van der Waals surface area contributed by atoms with Crippen molar-refractivity contribution in [2.75, 3.05) is 0 Å². The smallest absolute Gasteiger partial charge is 0.423 e.